The first-order chi connectivity index (χ1) is 6.66. The largest absolute Gasteiger partial charge is 0.240 e. The van der Waals surface area contributed by atoms with Gasteiger partial charge in [0.1, 0.15) is 10.8 Å². The normalized spacial score (nSPS) is 10.5. The molecule has 1 nitrogen and oxygen atoms in total. The predicted octanol–water partition coefficient (Wildman–Crippen LogP) is 4.02. The summed E-state index contributed by atoms with van der Waals surface area (Å²) >= 11 is 4.97. The lowest BCUT2D eigenvalue weighted by molar-refractivity contribution is 0.628. The molecule has 0 aliphatic carbocycles. The SMILES string of the molecule is Cc1nc(-c2ccc(F)cc2)sc1Br. The van der Waals surface area contributed by atoms with Gasteiger partial charge in [0.15, 0.2) is 0 Å². The molecule has 0 saturated carbocycles. The molecule has 72 valence electrons. The fraction of sp³-hybridized carbons (Fsp3) is 0.100. The van der Waals surface area contributed by atoms with Crippen LogP contribution in [-0.2, 0) is 0 Å². The van der Waals surface area contributed by atoms with Crippen LogP contribution in [0.25, 0.3) is 10.6 Å². The standard InChI is InChI=1S/C10H7BrFNS/c1-6-9(11)14-10(13-6)7-2-4-8(12)5-3-7/h2-5H,1H3. The molecular weight excluding hydrogens is 265 g/mol. The Morgan fingerprint density at radius 1 is 1.29 bits per heavy atom. The van der Waals surface area contributed by atoms with Crippen molar-refractivity contribution < 1.29 is 4.39 Å². The quantitative estimate of drug-likeness (QED) is 0.764. The van der Waals surface area contributed by atoms with Crippen LogP contribution in [0.2, 0.25) is 0 Å². The van der Waals surface area contributed by atoms with Gasteiger partial charge in [-0.3, -0.25) is 0 Å². The van der Waals surface area contributed by atoms with Crippen molar-refractivity contribution in [2.24, 2.45) is 0 Å². The molecule has 2 rings (SSSR count). The average molecular weight is 272 g/mol. The van der Waals surface area contributed by atoms with E-state index in [0.717, 1.165) is 20.1 Å². The summed E-state index contributed by atoms with van der Waals surface area (Å²) in [6.07, 6.45) is 0. The molecular formula is C10H7BrFNS. The Bertz CT molecular complexity index is 430. The van der Waals surface area contributed by atoms with Gasteiger partial charge in [-0.05, 0) is 47.1 Å². The zero-order valence-electron chi connectivity index (χ0n) is 7.42. The summed E-state index contributed by atoms with van der Waals surface area (Å²) in [6.45, 7) is 1.94. The number of aromatic nitrogens is 1. The zero-order chi connectivity index (χ0) is 10.1. The lowest BCUT2D eigenvalue weighted by Crippen LogP contribution is -1.78. The van der Waals surface area contributed by atoms with Crippen molar-refractivity contribution in [3.05, 3.63) is 39.6 Å². The van der Waals surface area contributed by atoms with E-state index in [1.54, 1.807) is 23.5 Å². The highest BCUT2D eigenvalue weighted by Crippen LogP contribution is 2.31. The molecule has 0 radical (unpaired) electrons. The van der Waals surface area contributed by atoms with E-state index >= 15 is 0 Å². The first-order valence-corrected chi connectivity index (χ1v) is 5.66. The van der Waals surface area contributed by atoms with Crippen LogP contribution in [0.1, 0.15) is 5.69 Å². The number of hydrogen-bond donors (Lipinski definition) is 0. The highest BCUT2D eigenvalue weighted by atomic mass is 79.9. The molecule has 0 N–H and O–H groups in total. The summed E-state index contributed by atoms with van der Waals surface area (Å²) in [5.74, 6) is -0.221. The fourth-order valence-electron chi connectivity index (χ4n) is 1.09. The molecule has 0 aliphatic rings. The van der Waals surface area contributed by atoms with E-state index in [4.69, 9.17) is 0 Å². The molecule has 1 aromatic carbocycles. The summed E-state index contributed by atoms with van der Waals surface area (Å²) in [5, 5.41) is 0.911. The van der Waals surface area contributed by atoms with Crippen molar-refractivity contribution in [1.29, 1.82) is 0 Å². The number of halogens is 2. The molecule has 1 aromatic heterocycles. The number of aryl methyl sites for hydroxylation is 1. The van der Waals surface area contributed by atoms with Crippen LogP contribution in [0.15, 0.2) is 28.1 Å². The van der Waals surface area contributed by atoms with E-state index in [-0.39, 0.29) is 5.82 Å². The van der Waals surface area contributed by atoms with Gasteiger partial charge in [0.05, 0.1) is 9.48 Å². The van der Waals surface area contributed by atoms with Gasteiger partial charge in [-0.2, -0.15) is 0 Å². The third-order valence-corrected chi connectivity index (χ3v) is 3.89. The summed E-state index contributed by atoms with van der Waals surface area (Å²) in [6, 6.07) is 6.36. The number of rotatable bonds is 1. The minimum atomic E-state index is -0.221. The predicted molar refractivity (Wildman–Crippen MR) is 59.9 cm³/mol. The number of thiazole rings is 1. The van der Waals surface area contributed by atoms with Gasteiger partial charge in [0.2, 0.25) is 0 Å². The minimum absolute atomic E-state index is 0.221. The molecule has 0 fully saturated rings. The minimum Gasteiger partial charge on any atom is -0.240 e. The van der Waals surface area contributed by atoms with Crippen LogP contribution in [0.3, 0.4) is 0 Å². The second-order valence-corrected chi connectivity index (χ2v) is 5.20. The van der Waals surface area contributed by atoms with Crippen molar-refractivity contribution in [3.8, 4) is 10.6 Å². The van der Waals surface area contributed by atoms with Gasteiger partial charge < -0.3 is 0 Å². The first-order valence-electron chi connectivity index (χ1n) is 4.05. The number of nitrogens with zero attached hydrogens (tertiary/aromatic N) is 1. The molecule has 0 bridgehead atoms. The van der Waals surface area contributed by atoms with Crippen LogP contribution >= 0.6 is 27.3 Å². The molecule has 1 heterocycles. The average Bonchev–Trinajstić information content (AvgIpc) is 2.48. The molecule has 0 aliphatic heterocycles. The highest BCUT2D eigenvalue weighted by molar-refractivity contribution is 9.11. The van der Waals surface area contributed by atoms with E-state index in [9.17, 15) is 4.39 Å². The van der Waals surface area contributed by atoms with Crippen molar-refractivity contribution >= 4 is 27.3 Å². The highest BCUT2D eigenvalue weighted by Gasteiger charge is 2.06. The van der Waals surface area contributed by atoms with Crippen LogP contribution in [-0.4, -0.2) is 4.98 Å². The van der Waals surface area contributed by atoms with Gasteiger partial charge >= 0.3 is 0 Å². The number of hydrogen-bond acceptors (Lipinski definition) is 2. The van der Waals surface area contributed by atoms with Gasteiger partial charge in [-0.15, -0.1) is 11.3 Å². The molecule has 0 unspecified atom stereocenters. The Morgan fingerprint density at radius 2 is 1.93 bits per heavy atom. The Balaban J connectivity index is 2.44. The third-order valence-electron chi connectivity index (χ3n) is 1.83. The smallest absolute Gasteiger partial charge is 0.124 e. The molecule has 2 aromatic rings. The van der Waals surface area contributed by atoms with Crippen LogP contribution < -0.4 is 0 Å². The van der Waals surface area contributed by atoms with Crippen molar-refractivity contribution in [2.45, 2.75) is 6.92 Å². The van der Waals surface area contributed by atoms with Gasteiger partial charge in [-0.1, -0.05) is 0 Å². The Labute approximate surface area is 93.7 Å². The topological polar surface area (TPSA) is 12.9 Å². The maximum Gasteiger partial charge on any atom is 0.124 e. The van der Waals surface area contributed by atoms with E-state index in [1.165, 1.54) is 12.1 Å². The third kappa shape index (κ3) is 1.86. The van der Waals surface area contributed by atoms with Gasteiger partial charge in [0, 0.05) is 5.56 Å². The Hall–Kier alpha value is -0.740. The van der Waals surface area contributed by atoms with E-state index < -0.39 is 0 Å². The lowest BCUT2D eigenvalue weighted by atomic mass is 10.2. The van der Waals surface area contributed by atoms with Crippen LogP contribution in [0, 0.1) is 12.7 Å². The van der Waals surface area contributed by atoms with E-state index in [2.05, 4.69) is 20.9 Å². The Morgan fingerprint density at radius 3 is 2.43 bits per heavy atom. The zero-order valence-corrected chi connectivity index (χ0v) is 9.82. The lowest BCUT2D eigenvalue weighted by Gasteiger charge is -1.94. The molecule has 0 atom stereocenters. The van der Waals surface area contributed by atoms with Crippen molar-refractivity contribution in [3.63, 3.8) is 0 Å². The van der Waals surface area contributed by atoms with Crippen molar-refractivity contribution in [1.82, 2.24) is 4.98 Å². The summed E-state index contributed by atoms with van der Waals surface area (Å²) in [7, 11) is 0. The van der Waals surface area contributed by atoms with E-state index in [0.29, 0.717) is 0 Å². The maximum absolute atomic E-state index is 12.7. The molecule has 0 amide bonds. The second-order valence-electron chi connectivity index (χ2n) is 2.89. The second kappa shape index (κ2) is 3.79. The summed E-state index contributed by atoms with van der Waals surface area (Å²) in [4.78, 5) is 4.36. The van der Waals surface area contributed by atoms with Crippen LogP contribution in [0.5, 0.6) is 0 Å². The molecule has 4 heteroatoms. The van der Waals surface area contributed by atoms with E-state index in [1.807, 2.05) is 6.92 Å². The summed E-state index contributed by atoms with van der Waals surface area (Å²) in [5.41, 5.74) is 1.92. The first kappa shape index (κ1) is 9.80. The van der Waals surface area contributed by atoms with Crippen LogP contribution in [0.4, 0.5) is 4.39 Å². The molecule has 0 spiro atoms. The number of benzene rings is 1. The monoisotopic (exact) mass is 271 g/mol. The van der Waals surface area contributed by atoms with Crippen molar-refractivity contribution in [2.75, 3.05) is 0 Å². The fourth-order valence-corrected chi connectivity index (χ4v) is 2.44. The molecule has 0 saturated heterocycles. The molecule has 14 heavy (non-hydrogen) atoms. The van der Waals surface area contributed by atoms with Gasteiger partial charge in [-0.25, -0.2) is 9.37 Å². The maximum atomic E-state index is 12.7. The Kier molecular flexibility index (Phi) is 2.65. The summed E-state index contributed by atoms with van der Waals surface area (Å²) < 4.78 is 13.7. The van der Waals surface area contributed by atoms with Gasteiger partial charge in [0.25, 0.3) is 0 Å².